The Morgan fingerprint density at radius 1 is 0.344 bits per heavy atom. The van der Waals surface area contributed by atoms with Crippen LogP contribution in [0.15, 0.2) is 231 Å². The Balaban J connectivity index is 1.04. The lowest BCUT2D eigenvalue weighted by atomic mass is 9.95. The van der Waals surface area contributed by atoms with Gasteiger partial charge in [0.25, 0.3) is 0 Å². The fourth-order valence-electron chi connectivity index (χ4n) is 9.27. The number of fused-ring (bicyclic) bond motifs is 7. The smallest absolute Gasteiger partial charge is 0.0640 e. The predicted molar refractivity (Wildman–Crippen MR) is 262 cm³/mol. The first-order chi connectivity index (χ1) is 30.2. The summed E-state index contributed by atoms with van der Waals surface area (Å²) in [5, 5.41) is 7.57. The molecule has 61 heavy (non-hydrogen) atoms. The fraction of sp³-hybridized carbons (Fsp3) is 0. The second kappa shape index (κ2) is 14.5. The summed E-state index contributed by atoms with van der Waals surface area (Å²) in [6, 6.07) is 84.3. The van der Waals surface area contributed by atoms with E-state index in [0.29, 0.717) is 0 Å². The Kier molecular flexibility index (Phi) is 8.39. The van der Waals surface area contributed by atoms with Gasteiger partial charge >= 0.3 is 0 Å². The Morgan fingerprint density at radius 2 is 0.934 bits per heavy atom. The number of thiophene rings is 1. The van der Waals surface area contributed by atoms with Crippen LogP contribution in [0.3, 0.4) is 0 Å². The molecule has 0 unspecified atom stereocenters. The van der Waals surface area contributed by atoms with Gasteiger partial charge in [0.05, 0.1) is 27.1 Å². The van der Waals surface area contributed by atoms with Gasteiger partial charge in [0, 0.05) is 43.2 Å². The molecule has 0 amide bonds. The maximum absolute atomic E-state index is 2.49. The molecule has 0 saturated heterocycles. The predicted octanol–water partition coefficient (Wildman–Crippen LogP) is 16.8. The minimum Gasteiger partial charge on any atom is -0.309 e. The van der Waals surface area contributed by atoms with Crippen molar-refractivity contribution < 1.29 is 0 Å². The van der Waals surface area contributed by atoms with E-state index in [9.17, 15) is 0 Å². The maximum Gasteiger partial charge on any atom is 0.0640 e. The molecule has 0 atom stereocenters. The van der Waals surface area contributed by atoms with Crippen molar-refractivity contribution in [2.24, 2.45) is 0 Å². The van der Waals surface area contributed by atoms with Crippen molar-refractivity contribution in [3.05, 3.63) is 231 Å². The zero-order valence-electron chi connectivity index (χ0n) is 33.2. The fourth-order valence-corrected chi connectivity index (χ4v) is 10.5. The Morgan fingerprint density at radius 3 is 1.74 bits per heavy atom. The van der Waals surface area contributed by atoms with Gasteiger partial charge in [-0.1, -0.05) is 170 Å². The standard InChI is InChI=1S/C58H38N2S/c1-2-15-41(16-3-1)48-35-32-45(44-29-28-39-14-4-5-17-42(39)36-44)38-56(48)59(55-26-13-23-52-51-22-8-11-27-57(51)61-58(52)55)46-33-30-40(31-34-46)43-18-12-19-47(37-43)60-53-24-9-6-20-49(53)50-21-7-10-25-54(50)60/h1-38H. The summed E-state index contributed by atoms with van der Waals surface area (Å²) < 4.78 is 4.95. The molecule has 0 fully saturated rings. The minimum absolute atomic E-state index is 1.10. The van der Waals surface area contributed by atoms with Crippen molar-refractivity contribution in [3.8, 4) is 39.1 Å². The van der Waals surface area contributed by atoms with Gasteiger partial charge in [-0.2, -0.15) is 0 Å². The molecule has 0 saturated carbocycles. The topological polar surface area (TPSA) is 8.17 Å². The summed E-state index contributed by atoms with van der Waals surface area (Å²) in [4.78, 5) is 2.49. The molecule has 0 radical (unpaired) electrons. The lowest BCUT2D eigenvalue weighted by molar-refractivity contribution is 1.18. The Labute approximate surface area is 358 Å². The molecule has 0 aliphatic carbocycles. The monoisotopic (exact) mass is 794 g/mol. The van der Waals surface area contributed by atoms with Crippen LogP contribution in [-0.2, 0) is 0 Å². The van der Waals surface area contributed by atoms with Gasteiger partial charge in [-0.3, -0.25) is 0 Å². The highest BCUT2D eigenvalue weighted by Gasteiger charge is 2.22. The second-order valence-corrected chi connectivity index (χ2v) is 16.8. The molecule has 12 rings (SSSR count). The number of para-hydroxylation sites is 2. The maximum atomic E-state index is 2.49. The summed E-state index contributed by atoms with van der Waals surface area (Å²) in [6.45, 7) is 0. The third-order valence-corrected chi connectivity index (χ3v) is 13.4. The number of anilines is 3. The van der Waals surface area contributed by atoms with E-state index in [1.165, 1.54) is 86.1 Å². The first-order valence-electron chi connectivity index (χ1n) is 20.8. The molecule has 0 aliphatic heterocycles. The molecule has 2 nitrogen and oxygen atoms in total. The van der Waals surface area contributed by atoms with Crippen molar-refractivity contribution >= 4 is 81.1 Å². The van der Waals surface area contributed by atoms with Crippen molar-refractivity contribution in [3.63, 3.8) is 0 Å². The van der Waals surface area contributed by atoms with Crippen molar-refractivity contribution in [1.82, 2.24) is 4.57 Å². The van der Waals surface area contributed by atoms with E-state index in [4.69, 9.17) is 0 Å². The van der Waals surface area contributed by atoms with E-state index < -0.39 is 0 Å². The SMILES string of the molecule is c1ccc(-c2ccc(-c3ccc4ccccc4c3)cc2N(c2ccc(-c3cccc(-n4c5ccccc5c5ccccc54)c3)cc2)c2cccc3c2sc2ccccc23)cc1. The van der Waals surface area contributed by atoms with Gasteiger partial charge in [0.2, 0.25) is 0 Å². The number of hydrogen-bond acceptors (Lipinski definition) is 2. The summed E-state index contributed by atoms with van der Waals surface area (Å²) >= 11 is 1.87. The highest BCUT2D eigenvalue weighted by atomic mass is 32.1. The minimum atomic E-state index is 1.10. The largest absolute Gasteiger partial charge is 0.309 e. The van der Waals surface area contributed by atoms with Crippen LogP contribution >= 0.6 is 11.3 Å². The third kappa shape index (κ3) is 6.01. The van der Waals surface area contributed by atoms with Gasteiger partial charge < -0.3 is 9.47 Å². The van der Waals surface area contributed by atoms with Crippen molar-refractivity contribution in [2.45, 2.75) is 0 Å². The van der Waals surface area contributed by atoms with Crippen LogP contribution in [0.1, 0.15) is 0 Å². The summed E-state index contributed by atoms with van der Waals surface area (Å²) in [5.41, 5.74) is 14.0. The lowest BCUT2D eigenvalue weighted by Gasteiger charge is -2.29. The van der Waals surface area contributed by atoms with E-state index in [-0.39, 0.29) is 0 Å². The molecule has 12 aromatic rings. The Bertz CT molecular complexity index is 3540. The van der Waals surface area contributed by atoms with Gasteiger partial charge in [-0.05, 0) is 99.3 Å². The van der Waals surface area contributed by atoms with Crippen LogP contribution in [0, 0.1) is 0 Å². The Hall–Kier alpha value is -7.72. The number of nitrogens with zero attached hydrogens (tertiary/aromatic N) is 2. The van der Waals surface area contributed by atoms with Gasteiger partial charge in [0.15, 0.2) is 0 Å². The van der Waals surface area contributed by atoms with Crippen LogP contribution in [0.25, 0.3) is 91.8 Å². The quantitative estimate of drug-likeness (QED) is 0.156. The van der Waals surface area contributed by atoms with Crippen LogP contribution < -0.4 is 4.90 Å². The molecule has 0 N–H and O–H groups in total. The zero-order valence-corrected chi connectivity index (χ0v) is 34.1. The summed E-state index contributed by atoms with van der Waals surface area (Å²) in [6.07, 6.45) is 0. The van der Waals surface area contributed by atoms with Crippen molar-refractivity contribution in [2.75, 3.05) is 4.90 Å². The molecule has 0 aliphatic rings. The number of aromatic nitrogens is 1. The molecule has 0 bridgehead atoms. The first kappa shape index (κ1) is 35.2. The highest BCUT2D eigenvalue weighted by Crippen LogP contribution is 2.48. The molecular weight excluding hydrogens is 757 g/mol. The summed E-state index contributed by atoms with van der Waals surface area (Å²) in [7, 11) is 0. The molecule has 2 aromatic heterocycles. The average molecular weight is 795 g/mol. The van der Waals surface area contributed by atoms with E-state index in [0.717, 1.165) is 22.7 Å². The lowest BCUT2D eigenvalue weighted by Crippen LogP contribution is -2.11. The van der Waals surface area contributed by atoms with Crippen molar-refractivity contribution in [1.29, 1.82) is 0 Å². The van der Waals surface area contributed by atoms with Crippen LogP contribution in [0.2, 0.25) is 0 Å². The normalized spacial score (nSPS) is 11.6. The number of rotatable bonds is 7. The molecule has 10 aromatic carbocycles. The van der Waals surface area contributed by atoms with Gasteiger partial charge in [0.1, 0.15) is 0 Å². The third-order valence-electron chi connectivity index (χ3n) is 12.2. The molecule has 2 heterocycles. The van der Waals surface area contributed by atoms with Gasteiger partial charge in [-0.25, -0.2) is 0 Å². The van der Waals surface area contributed by atoms with E-state index in [1.807, 2.05) is 11.3 Å². The first-order valence-corrected chi connectivity index (χ1v) is 21.6. The molecule has 0 spiro atoms. The zero-order chi connectivity index (χ0) is 40.3. The van der Waals surface area contributed by atoms with E-state index in [2.05, 4.69) is 240 Å². The van der Waals surface area contributed by atoms with E-state index in [1.54, 1.807) is 0 Å². The molecule has 286 valence electrons. The second-order valence-electron chi connectivity index (χ2n) is 15.7. The van der Waals surface area contributed by atoms with Crippen LogP contribution in [0.5, 0.6) is 0 Å². The van der Waals surface area contributed by atoms with E-state index >= 15 is 0 Å². The highest BCUT2D eigenvalue weighted by molar-refractivity contribution is 7.26. The van der Waals surface area contributed by atoms with Gasteiger partial charge in [-0.15, -0.1) is 11.3 Å². The van der Waals surface area contributed by atoms with Crippen LogP contribution in [0.4, 0.5) is 17.1 Å². The molecule has 3 heteroatoms. The van der Waals surface area contributed by atoms with Crippen LogP contribution in [-0.4, -0.2) is 4.57 Å². The average Bonchev–Trinajstić information content (AvgIpc) is 3.89. The molecular formula is C58H38N2S. The number of benzene rings is 10. The number of hydrogen-bond donors (Lipinski definition) is 0. The summed E-state index contributed by atoms with van der Waals surface area (Å²) in [5.74, 6) is 0.